The summed E-state index contributed by atoms with van der Waals surface area (Å²) in [5.41, 5.74) is 1.01. The quantitative estimate of drug-likeness (QED) is 0.738. The third-order valence-corrected chi connectivity index (χ3v) is 2.72. The Morgan fingerprint density at radius 1 is 1.56 bits per heavy atom. The molecule has 0 radical (unpaired) electrons. The predicted molar refractivity (Wildman–Crippen MR) is 67.6 cm³/mol. The van der Waals surface area contributed by atoms with E-state index in [1.54, 1.807) is 26.4 Å². The first kappa shape index (κ1) is 12.8. The van der Waals surface area contributed by atoms with Crippen LogP contribution in [-0.2, 0) is 4.79 Å². The van der Waals surface area contributed by atoms with Crippen LogP contribution in [0, 0.1) is 0 Å². The molecule has 16 heavy (non-hydrogen) atoms. The Kier molecular flexibility index (Phi) is 5.64. The molecule has 1 aromatic rings. The van der Waals surface area contributed by atoms with Crippen LogP contribution in [0.15, 0.2) is 24.5 Å². The first-order valence-corrected chi connectivity index (χ1v) is 6.00. The van der Waals surface area contributed by atoms with Crippen LogP contribution >= 0.6 is 11.8 Å². The van der Waals surface area contributed by atoms with Crippen LogP contribution in [0.3, 0.4) is 0 Å². The van der Waals surface area contributed by atoms with Crippen molar-refractivity contribution in [2.75, 3.05) is 12.9 Å². The molecule has 1 rings (SSSR count). The molecular weight excluding hydrogens is 222 g/mol. The van der Waals surface area contributed by atoms with Gasteiger partial charge in [0.25, 0.3) is 0 Å². The Labute approximate surface area is 99.9 Å². The van der Waals surface area contributed by atoms with Gasteiger partial charge >= 0.3 is 0 Å². The smallest absolute Gasteiger partial charge is 0.185 e. The van der Waals surface area contributed by atoms with Gasteiger partial charge < -0.3 is 4.74 Å². The summed E-state index contributed by atoms with van der Waals surface area (Å²) in [5.74, 6) is 1.57. The summed E-state index contributed by atoms with van der Waals surface area (Å²) in [5, 5.41) is 0.163. The fraction of sp³-hybridized carbons (Fsp3) is 0.333. The maximum Gasteiger partial charge on any atom is 0.185 e. The van der Waals surface area contributed by atoms with Crippen molar-refractivity contribution in [2.24, 2.45) is 0 Å². The number of carbonyl (C=O) groups excluding carboxylic acids is 1. The van der Waals surface area contributed by atoms with Gasteiger partial charge in [-0.2, -0.15) is 0 Å². The van der Waals surface area contributed by atoms with Crippen molar-refractivity contribution in [3.05, 3.63) is 30.1 Å². The molecule has 0 aliphatic carbocycles. The number of hydrogen-bond donors (Lipinski definition) is 0. The van der Waals surface area contributed by atoms with E-state index in [0.717, 1.165) is 23.5 Å². The van der Waals surface area contributed by atoms with Gasteiger partial charge in [0.1, 0.15) is 5.75 Å². The van der Waals surface area contributed by atoms with Gasteiger partial charge in [-0.3, -0.25) is 9.78 Å². The second-order valence-corrected chi connectivity index (χ2v) is 4.46. The normalized spacial score (nSPS) is 10.6. The summed E-state index contributed by atoms with van der Waals surface area (Å²) in [4.78, 5) is 14.7. The van der Waals surface area contributed by atoms with Gasteiger partial charge in [-0.15, -0.1) is 0 Å². The van der Waals surface area contributed by atoms with Gasteiger partial charge in [0.2, 0.25) is 0 Å². The SMILES string of the molecule is COc1cncc(C=CCCSC(C)=O)c1. The summed E-state index contributed by atoms with van der Waals surface area (Å²) in [7, 11) is 1.62. The number of carbonyl (C=O) groups is 1. The largest absolute Gasteiger partial charge is 0.495 e. The van der Waals surface area contributed by atoms with Crippen LogP contribution < -0.4 is 4.74 Å². The highest BCUT2D eigenvalue weighted by molar-refractivity contribution is 8.13. The van der Waals surface area contributed by atoms with Gasteiger partial charge in [0, 0.05) is 18.9 Å². The number of thioether (sulfide) groups is 1. The lowest BCUT2D eigenvalue weighted by Gasteiger charge is -1.99. The minimum atomic E-state index is 0.163. The van der Waals surface area contributed by atoms with Crippen molar-refractivity contribution >= 4 is 23.0 Å². The minimum Gasteiger partial charge on any atom is -0.495 e. The maximum atomic E-state index is 10.7. The van der Waals surface area contributed by atoms with Gasteiger partial charge in [-0.25, -0.2) is 0 Å². The second-order valence-electron chi connectivity index (χ2n) is 3.19. The topological polar surface area (TPSA) is 39.2 Å². The standard InChI is InChI=1S/C12H15NO2S/c1-10(14)16-6-4-3-5-11-7-12(15-2)9-13-8-11/h3,5,7-9H,4,6H2,1-2H3. The molecule has 0 amide bonds. The molecule has 0 aliphatic rings. The molecule has 3 nitrogen and oxygen atoms in total. The molecule has 0 atom stereocenters. The van der Waals surface area contributed by atoms with Crippen molar-refractivity contribution in [3.63, 3.8) is 0 Å². The highest BCUT2D eigenvalue weighted by Gasteiger charge is 1.93. The van der Waals surface area contributed by atoms with E-state index in [4.69, 9.17) is 4.74 Å². The van der Waals surface area contributed by atoms with Gasteiger partial charge in [0.15, 0.2) is 5.12 Å². The molecule has 0 fully saturated rings. The maximum absolute atomic E-state index is 10.7. The summed E-state index contributed by atoms with van der Waals surface area (Å²) >= 11 is 1.34. The summed E-state index contributed by atoms with van der Waals surface area (Å²) in [6, 6.07) is 1.92. The van der Waals surface area contributed by atoms with Gasteiger partial charge in [-0.05, 0) is 18.1 Å². The van der Waals surface area contributed by atoms with Crippen molar-refractivity contribution in [1.82, 2.24) is 4.98 Å². The number of ether oxygens (including phenoxy) is 1. The monoisotopic (exact) mass is 237 g/mol. The summed E-state index contributed by atoms with van der Waals surface area (Å²) in [6.07, 6.45) is 8.34. The Morgan fingerprint density at radius 2 is 2.38 bits per heavy atom. The second kappa shape index (κ2) is 7.06. The number of rotatable bonds is 5. The molecule has 1 aromatic heterocycles. The average molecular weight is 237 g/mol. The number of aromatic nitrogens is 1. The molecule has 1 heterocycles. The van der Waals surface area contributed by atoms with Gasteiger partial charge in [-0.1, -0.05) is 23.9 Å². The van der Waals surface area contributed by atoms with E-state index in [1.165, 1.54) is 11.8 Å². The Balaban J connectivity index is 2.40. The number of pyridine rings is 1. The number of allylic oxidation sites excluding steroid dienone is 1. The molecule has 0 saturated heterocycles. The lowest BCUT2D eigenvalue weighted by Crippen LogP contribution is -1.85. The van der Waals surface area contributed by atoms with Crippen molar-refractivity contribution in [3.8, 4) is 5.75 Å². The number of hydrogen-bond acceptors (Lipinski definition) is 4. The Bertz CT molecular complexity index is 377. The minimum absolute atomic E-state index is 0.163. The van der Waals surface area contributed by atoms with Crippen LogP contribution in [-0.4, -0.2) is 23.0 Å². The van der Waals surface area contributed by atoms with Crippen LogP contribution in [0.4, 0.5) is 0 Å². The molecule has 0 aromatic carbocycles. The van der Waals surface area contributed by atoms with Crippen LogP contribution in [0.1, 0.15) is 18.9 Å². The molecule has 4 heteroatoms. The first-order chi connectivity index (χ1) is 7.72. The zero-order valence-corrected chi connectivity index (χ0v) is 10.3. The lowest BCUT2D eigenvalue weighted by molar-refractivity contribution is -0.109. The van der Waals surface area contributed by atoms with Gasteiger partial charge in [0.05, 0.1) is 13.3 Å². The molecule has 0 saturated carbocycles. The molecule has 0 bridgehead atoms. The highest BCUT2D eigenvalue weighted by Crippen LogP contribution is 2.12. The fourth-order valence-corrected chi connectivity index (χ4v) is 1.67. The Morgan fingerprint density at radius 3 is 3.06 bits per heavy atom. The van der Waals surface area contributed by atoms with E-state index in [-0.39, 0.29) is 5.12 Å². The fourth-order valence-electron chi connectivity index (χ4n) is 1.13. The lowest BCUT2D eigenvalue weighted by atomic mass is 10.2. The van der Waals surface area contributed by atoms with Crippen LogP contribution in [0.2, 0.25) is 0 Å². The molecule has 0 aliphatic heterocycles. The molecule has 0 spiro atoms. The molecule has 86 valence electrons. The molecule has 0 N–H and O–H groups in total. The van der Waals surface area contributed by atoms with E-state index in [0.29, 0.717) is 0 Å². The van der Waals surface area contributed by atoms with E-state index < -0.39 is 0 Å². The van der Waals surface area contributed by atoms with E-state index in [1.807, 2.05) is 18.2 Å². The number of nitrogens with zero attached hydrogens (tertiary/aromatic N) is 1. The first-order valence-electron chi connectivity index (χ1n) is 5.01. The highest BCUT2D eigenvalue weighted by atomic mass is 32.2. The van der Waals surface area contributed by atoms with Crippen molar-refractivity contribution in [1.29, 1.82) is 0 Å². The van der Waals surface area contributed by atoms with E-state index in [9.17, 15) is 4.79 Å². The zero-order valence-electron chi connectivity index (χ0n) is 9.47. The van der Waals surface area contributed by atoms with Crippen LogP contribution in [0.25, 0.3) is 6.08 Å². The average Bonchev–Trinajstić information content (AvgIpc) is 2.28. The van der Waals surface area contributed by atoms with Crippen molar-refractivity contribution < 1.29 is 9.53 Å². The summed E-state index contributed by atoms with van der Waals surface area (Å²) in [6.45, 7) is 1.58. The van der Waals surface area contributed by atoms with E-state index in [2.05, 4.69) is 4.98 Å². The molecule has 0 unspecified atom stereocenters. The number of methoxy groups -OCH3 is 1. The third-order valence-electron chi connectivity index (χ3n) is 1.87. The van der Waals surface area contributed by atoms with Crippen LogP contribution in [0.5, 0.6) is 5.75 Å². The predicted octanol–water partition coefficient (Wildman–Crippen LogP) is 2.77. The Hall–Kier alpha value is -1.29. The molecular formula is C12H15NO2S. The third kappa shape index (κ3) is 4.98. The zero-order chi connectivity index (χ0) is 11.8. The van der Waals surface area contributed by atoms with Crippen molar-refractivity contribution in [2.45, 2.75) is 13.3 Å². The summed E-state index contributed by atoms with van der Waals surface area (Å²) < 4.78 is 5.07. The van der Waals surface area contributed by atoms with E-state index >= 15 is 0 Å².